The van der Waals surface area contributed by atoms with Crippen LogP contribution < -0.4 is 0 Å². The summed E-state index contributed by atoms with van der Waals surface area (Å²) in [6, 6.07) is 0.477. The van der Waals surface area contributed by atoms with E-state index >= 15 is 0 Å². The first kappa shape index (κ1) is 6.47. The van der Waals surface area contributed by atoms with Crippen molar-refractivity contribution in [1.29, 1.82) is 0 Å². The van der Waals surface area contributed by atoms with E-state index in [1.165, 1.54) is 0 Å². The molecule has 10 heavy (non-hydrogen) atoms. The van der Waals surface area contributed by atoms with Crippen LogP contribution in [-0.2, 0) is 4.79 Å². The fourth-order valence-electron chi connectivity index (χ4n) is 1.85. The smallest absolute Gasteiger partial charge is 0.226 e. The van der Waals surface area contributed by atoms with Gasteiger partial charge in [0.1, 0.15) is 5.50 Å². The molecule has 0 spiro atoms. The molecule has 0 N–H and O–H groups in total. The standard InChI is InChI=1S/C7H10ClNO/c1-4-2-5-3-6(10)9(5)7(4)8/h4-5,7H,2-3H2,1H3/t4?,5-,7?/m1/s1. The van der Waals surface area contributed by atoms with Crippen LogP contribution in [0.3, 0.4) is 0 Å². The Morgan fingerprint density at radius 1 is 1.70 bits per heavy atom. The summed E-state index contributed by atoms with van der Waals surface area (Å²) in [6.45, 7) is 2.10. The number of amides is 1. The van der Waals surface area contributed by atoms with E-state index in [1.807, 2.05) is 4.90 Å². The van der Waals surface area contributed by atoms with Crippen LogP contribution in [0.4, 0.5) is 0 Å². The molecular weight excluding hydrogens is 150 g/mol. The van der Waals surface area contributed by atoms with E-state index in [0.717, 1.165) is 12.8 Å². The van der Waals surface area contributed by atoms with Gasteiger partial charge in [0.25, 0.3) is 0 Å². The number of halogens is 1. The zero-order chi connectivity index (χ0) is 7.30. The van der Waals surface area contributed by atoms with Crippen LogP contribution in [0.25, 0.3) is 0 Å². The molecule has 3 atom stereocenters. The van der Waals surface area contributed by atoms with Crippen molar-refractivity contribution in [2.24, 2.45) is 5.92 Å². The number of β-lactam (4-membered cyclic amide) rings is 1. The highest BCUT2D eigenvalue weighted by atomic mass is 35.5. The van der Waals surface area contributed by atoms with Crippen LogP contribution in [0.2, 0.25) is 0 Å². The van der Waals surface area contributed by atoms with E-state index in [9.17, 15) is 4.79 Å². The van der Waals surface area contributed by atoms with Crippen LogP contribution in [0.1, 0.15) is 19.8 Å². The quantitative estimate of drug-likeness (QED) is 0.296. The van der Waals surface area contributed by atoms with Gasteiger partial charge in [-0.2, -0.15) is 0 Å². The minimum absolute atomic E-state index is 0.0220. The van der Waals surface area contributed by atoms with Gasteiger partial charge >= 0.3 is 0 Å². The number of fused-ring (bicyclic) bond motifs is 1. The third-order valence-corrected chi connectivity index (χ3v) is 3.11. The van der Waals surface area contributed by atoms with Crippen LogP contribution >= 0.6 is 11.6 Å². The average molecular weight is 160 g/mol. The van der Waals surface area contributed by atoms with Crippen molar-refractivity contribution in [2.45, 2.75) is 31.3 Å². The third-order valence-electron chi connectivity index (χ3n) is 2.47. The molecule has 2 heterocycles. The number of rotatable bonds is 0. The molecule has 2 unspecified atom stereocenters. The molecule has 2 saturated heterocycles. The molecule has 0 aromatic heterocycles. The average Bonchev–Trinajstić information content (AvgIpc) is 2.05. The Hall–Kier alpha value is -0.240. The van der Waals surface area contributed by atoms with Crippen LogP contribution in [0, 0.1) is 5.92 Å². The van der Waals surface area contributed by atoms with E-state index in [4.69, 9.17) is 11.6 Å². The van der Waals surface area contributed by atoms with Crippen LogP contribution in [-0.4, -0.2) is 22.3 Å². The lowest BCUT2D eigenvalue weighted by atomic mass is 10.0. The molecule has 3 heteroatoms. The summed E-state index contributed by atoms with van der Waals surface area (Å²) in [5.41, 5.74) is -0.0220. The number of nitrogens with zero attached hydrogens (tertiary/aromatic N) is 1. The topological polar surface area (TPSA) is 20.3 Å². The fraction of sp³-hybridized carbons (Fsp3) is 0.857. The largest absolute Gasteiger partial charge is 0.322 e. The van der Waals surface area contributed by atoms with E-state index in [2.05, 4.69) is 6.92 Å². The minimum atomic E-state index is -0.0220. The Balaban J connectivity index is 2.15. The molecule has 0 saturated carbocycles. The maximum absolute atomic E-state index is 10.9. The van der Waals surface area contributed by atoms with E-state index in [-0.39, 0.29) is 11.4 Å². The lowest BCUT2D eigenvalue weighted by Crippen LogP contribution is -2.50. The lowest BCUT2D eigenvalue weighted by Gasteiger charge is -2.36. The third kappa shape index (κ3) is 0.628. The Kier molecular flexibility index (Phi) is 1.21. The molecule has 0 aromatic rings. The van der Waals surface area contributed by atoms with Crippen molar-refractivity contribution in [2.75, 3.05) is 0 Å². The minimum Gasteiger partial charge on any atom is -0.322 e. The summed E-state index contributed by atoms with van der Waals surface area (Å²) in [6.07, 6.45) is 1.83. The molecule has 0 aliphatic carbocycles. The van der Waals surface area contributed by atoms with Gasteiger partial charge in [0, 0.05) is 12.5 Å². The second-order valence-electron chi connectivity index (χ2n) is 3.24. The molecular formula is C7H10ClNO. The van der Waals surface area contributed by atoms with Gasteiger partial charge in [0.15, 0.2) is 0 Å². The summed E-state index contributed by atoms with van der Waals surface area (Å²) in [5, 5.41) is 0. The normalized spacial score (nSPS) is 45.2. The Morgan fingerprint density at radius 3 is 2.80 bits per heavy atom. The molecule has 0 bridgehead atoms. The monoisotopic (exact) mass is 159 g/mol. The van der Waals surface area contributed by atoms with E-state index in [1.54, 1.807) is 0 Å². The SMILES string of the molecule is CC1C[C@@H]2CC(=O)N2C1Cl. The first-order chi connectivity index (χ1) is 4.70. The summed E-state index contributed by atoms with van der Waals surface area (Å²) in [4.78, 5) is 12.7. The molecule has 0 radical (unpaired) electrons. The molecule has 2 aliphatic heterocycles. The zero-order valence-corrected chi connectivity index (χ0v) is 6.64. The first-order valence-electron chi connectivity index (χ1n) is 3.65. The molecule has 2 aliphatic rings. The van der Waals surface area contributed by atoms with E-state index < -0.39 is 0 Å². The molecule has 0 aromatic carbocycles. The highest BCUT2D eigenvalue weighted by molar-refractivity contribution is 6.22. The molecule has 2 fully saturated rings. The number of carbonyl (C=O) groups is 1. The maximum Gasteiger partial charge on any atom is 0.226 e. The molecule has 56 valence electrons. The number of hydrogen-bond donors (Lipinski definition) is 0. The Labute approximate surface area is 65.1 Å². The first-order valence-corrected chi connectivity index (χ1v) is 4.09. The van der Waals surface area contributed by atoms with Crippen molar-refractivity contribution in [1.82, 2.24) is 4.90 Å². The summed E-state index contributed by atoms with van der Waals surface area (Å²) >= 11 is 5.96. The second-order valence-corrected chi connectivity index (χ2v) is 3.69. The van der Waals surface area contributed by atoms with Gasteiger partial charge in [-0.3, -0.25) is 4.79 Å². The van der Waals surface area contributed by atoms with Crippen molar-refractivity contribution in [3.63, 3.8) is 0 Å². The van der Waals surface area contributed by atoms with E-state index in [0.29, 0.717) is 12.0 Å². The number of hydrogen-bond acceptors (Lipinski definition) is 1. The van der Waals surface area contributed by atoms with Crippen molar-refractivity contribution in [3.05, 3.63) is 0 Å². The summed E-state index contributed by atoms with van der Waals surface area (Å²) < 4.78 is 0. The molecule has 2 rings (SSSR count). The predicted molar refractivity (Wildman–Crippen MR) is 38.7 cm³/mol. The zero-order valence-electron chi connectivity index (χ0n) is 5.88. The van der Waals surface area contributed by atoms with Gasteiger partial charge in [-0.1, -0.05) is 18.5 Å². The van der Waals surface area contributed by atoms with Crippen molar-refractivity contribution >= 4 is 17.5 Å². The van der Waals surface area contributed by atoms with Gasteiger partial charge in [-0.05, 0) is 12.3 Å². The Bertz CT molecular complexity index is 182. The van der Waals surface area contributed by atoms with Gasteiger partial charge in [0.2, 0.25) is 5.91 Å². The predicted octanol–water partition coefficient (Wildman–Crippen LogP) is 1.19. The maximum atomic E-state index is 10.9. The van der Waals surface area contributed by atoms with Crippen molar-refractivity contribution < 1.29 is 4.79 Å². The Morgan fingerprint density at radius 2 is 2.40 bits per heavy atom. The van der Waals surface area contributed by atoms with Gasteiger partial charge in [-0.15, -0.1) is 0 Å². The van der Waals surface area contributed by atoms with Gasteiger partial charge in [0.05, 0.1) is 0 Å². The number of carbonyl (C=O) groups excluding carboxylic acids is 1. The summed E-state index contributed by atoms with van der Waals surface area (Å²) in [5.74, 6) is 0.715. The highest BCUT2D eigenvalue weighted by Crippen LogP contribution is 2.40. The van der Waals surface area contributed by atoms with Gasteiger partial charge in [-0.25, -0.2) is 0 Å². The van der Waals surface area contributed by atoms with Crippen LogP contribution in [0.15, 0.2) is 0 Å². The second kappa shape index (κ2) is 1.88. The fourth-order valence-corrected chi connectivity index (χ4v) is 2.22. The summed E-state index contributed by atoms with van der Waals surface area (Å²) in [7, 11) is 0. The molecule has 2 nitrogen and oxygen atoms in total. The van der Waals surface area contributed by atoms with Gasteiger partial charge < -0.3 is 4.90 Å². The van der Waals surface area contributed by atoms with Crippen LogP contribution in [0.5, 0.6) is 0 Å². The van der Waals surface area contributed by atoms with Crippen molar-refractivity contribution in [3.8, 4) is 0 Å². The lowest BCUT2D eigenvalue weighted by molar-refractivity contribution is -0.143. The number of alkyl halides is 1. The molecule has 1 amide bonds. The highest BCUT2D eigenvalue weighted by Gasteiger charge is 2.48.